The van der Waals surface area contributed by atoms with E-state index in [4.69, 9.17) is 0 Å². The van der Waals surface area contributed by atoms with Crippen LogP contribution >= 0.6 is 45.2 Å². The standard InChI is InChI=1S/C7H5F2I2N/c1-3-4(10)2-5(6(8)9)12-7(3)11/h2,6H,1H3. The molecule has 0 bridgehead atoms. The van der Waals surface area contributed by atoms with Gasteiger partial charge in [-0.3, -0.25) is 0 Å². The molecule has 0 spiro atoms. The quantitative estimate of drug-likeness (QED) is 0.524. The Morgan fingerprint density at radius 3 is 2.42 bits per heavy atom. The van der Waals surface area contributed by atoms with Crippen LogP contribution in [-0.2, 0) is 0 Å². The summed E-state index contributed by atoms with van der Waals surface area (Å²) in [6.07, 6.45) is -2.48. The maximum Gasteiger partial charge on any atom is 0.280 e. The van der Waals surface area contributed by atoms with E-state index >= 15 is 0 Å². The molecule has 66 valence electrons. The lowest BCUT2D eigenvalue weighted by molar-refractivity contribution is 0.145. The third-order valence-corrected chi connectivity index (χ3v) is 3.56. The van der Waals surface area contributed by atoms with E-state index < -0.39 is 6.43 Å². The van der Waals surface area contributed by atoms with Crippen molar-refractivity contribution >= 4 is 45.2 Å². The molecule has 1 aromatic rings. The van der Waals surface area contributed by atoms with Crippen LogP contribution in [0.15, 0.2) is 6.07 Å². The third-order valence-electron chi connectivity index (χ3n) is 1.39. The average molecular weight is 395 g/mol. The summed E-state index contributed by atoms with van der Waals surface area (Å²) in [6.45, 7) is 1.87. The summed E-state index contributed by atoms with van der Waals surface area (Å²) in [4.78, 5) is 3.76. The Morgan fingerprint density at radius 2 is 2.00 bits per heavy atom. The number of aromatic nitrogens is 1. The molecule has 0 unspecified atom stereocenters. The van der Waals surface area contributed by atoms with Crippen molar-refractivity contribution in [2.75, 3.05) is 0 Å². The molecule has 1 nitrogen and oxygen atoms in total. The normalized spacial score (nSPS) is 10.8. The van der Waals surface area contributed by atoms with E-state index in [0.29, 0.717) is 3.70 Å². The lowest BCUT2D eigenvalue weighted by atomic mass is 10.3. The molecule has 5 heteroatoms. The van der Waals surface area contributed by atoms with E-state index in [1.165, 1.54) is 6.07 Å². The van der Waals surface area contributed by atoms with Gasteiger partial charge in [0.25, 0.3) is 6.43 Å². The Bertz CT molecular complexity index is 278. The van der Waals surface area contributed by atoms with Gasteiger partial charge < -0.3 is 0 Å². The second kappa shape index (κ2) is 4.12. The molecule has 0 amide bonds. The first kappa shape index (κ1) is 10.6. The Morgan fingerprint density at radius 1 is 1.42 bits per heavy atom. The van der Waals surface area contributed by atoms with Crippen molar-refractivity contribution in [3.63, 3.8) is 0 Å². The highest BCUT2D eigenvalue weighted by molar-refractivity contribution is 14.1. The van der Waals surface area contributed by atoms with Crippen molar-refractivity contribution in [3.8, 4) is 0 Å². The van der Waals surface area contributed by atoms with Crippen LogP contribution in [0.3, 0.4) is 0 Å². The fraction of sp³-hybridized carbons (Fsp3) is 0.286. The largest absolute Gasteiger partial charge is 0.280 e. The molecule has 0 aromatic carbocycles. The van der Waals surface area contributed by atoms with E-state index in [1.54, 1.807) is 0 Å². The minimum atomic E-state index is -2.48. The highest BCUT2D eigenvalue weighted by Crippen LogP contribution is 2.23. The number of nitrogens with zero attached hydrogens (tertiary/aromatic N) is 1. The molecule has 0 aliphatic carbocycles. The number of pyridine rings is 1. The van der Waals surface area contributed by atoms with Crippen LogP contribution in [0, 0.1) is 14.2 Å². The van der Waals surface area contributed by atoms with Gasteiger partial charge in [-0.1, -0.05) is 0 Å². The molecule has 1 heterocycles. The number of hydrogen-bond acceptors (Lipinski definition) is 1. The molecule has 0 N–H and O–H groups in total. The van der Waals surface area contributed by atoms with Crippen LogP contribution < -0.4 is 0 Å². The molecular weight excluding hydrogens is 390 g/mol. The molecule has 0 aliphatic rings. The van der Waals surface area contributed by atoms with Gasteiger partial charge in [0.1, 0.15) is 9.39 Å². The lowest BCUT2D eigenvalue weighted by Gasteiger charge is -2.04. The molecule has 1 aromatic heterocycles. The summed E-state index contributed by atoms with van der Waals surface area (Å²) in [5, 5.41) is 0. The second-order valence-corrected chi connectivity index (χ2v) is 4.43. The zero-order valence-corrected chi connectivity index (χ0v) is 10.4. The number of halogens is 4. The smallest absolute Gasteiger partial charge is 0.241 e. The minimum Gasteiger partial charge on any atom is -0.241 e. The van der Waals surface area contributed by atoms with Gasteiger partial charge in [0.2, 0.25) is 0 Å². The van der Waals surface area contributed by atoms with Gasteiger partial charge in [-0.05, 0) is 63.7 Å². The van der Waals surface area contributed by atoms with Crippen molar-refractivity contribution in [1.82, 2.24) is 4.98 Å². The summed E-state index contributed by atoms with van der Waals surface area (Å²) in [6, 6.07) is 1.42. The number of rotatable bonds is 1. The van der Waals surface area contributed by atoms with Crippen LogP contribution in [0.25, 0.3) is 0 Å². The van der Waals surface area contributed by atoms with E-state index in [2.05, 4.69) is 4.98 Å². The van der Waals surface area contributed by atoms with Crippen LogP contribution in [0.2, 0.25) is 0 Å². The lowest BCUT2D eigenvalue weighted by Crippen LogP contribution is -1.97. The SMILES string of the molecule is Cc1c(I)cc(C(F)F)nc1I. The van der Waals surface area contributed by atoms with E-state index in [9.17, 15) is 8.78 Å². The van der Waals surface area contributed by atoms with Crippen molar-refractivity contribution in [2.24, 2.45) is 0 Å². The summed E-state index contributed by atoms with van der Waals surface area (Å²) >= 11 is 3.99. The number of alkyl halides is 2. The van der Waals surface area contributed by atoms with Crippen LogP contribution in [-0.4, -0.2) is 4.98 Å². The van der Waals surface area contributed by atoms with Crippen LogP contribution in [0.4, 0.5) is 8.78 Å². The Labute approximate surface area is 96.2 Å². The first-order valence-corrected chi connectivity index (χ1v) is 5.29. The summed E-state index contributed by atoms with van der Waals surface area (Å²) in [7, 11) is 0. The molecule has 12 heavy (non-hydrogen) atoms. The van der Waals surface area contributed by atoms with Gasteiger partial charge in [-0.2, -0.15) is 0 Å². The molecule has 0 fully saturated rings. The second-order valence-electron chi connectivity index (χ2n) is 2.25. The third kappa shape index (κ3) is 2.24. The predicted octanol–water partition coefficient (Wildman–Crippen LogP) is 3.54. The fourth-order valence-electron chi connectivity index (χ4n) is 0.678. The van der Waals surface area contributed by atoms with Gasteiger partial charge in [0, 0.05) is 3.57 Å². The first-order valence-electron chi connectivity index (χ1n) is 3.13. The van der Waals surface area contributed by atoms with Gasteiger partial charge in [-0.25, -0.2) is 13.8 Å². The Kier molecular flexibility index (Phi) is 3.62. The topological polar surface area (TPSA) is 12.9 Å². The van der Waals surface area contributed by atoms with E-state index in [-0.39, 0.29) is 5.69 Å². The Hall–Kier alpha value is 0.470. The molecule has 0 atom stereocenters. The van der Waals surface area contributed by atoms with Crippen LogP contribution in [0.5, 0.6) is 0 Å². The molecular formula is C7H5F2I2N. The monoisotopic (exact) mass is 395 g/mol. The first-order chi connectivity index (χ1) is 5.52. The van der Waals surface area contributed by atoms with E-state index in [1.807, 2.05) is 52.1 Å². The minimum absolute atomic E-state index is 0.144. The molecule has 0 radical (unpaired) electrons. The maximum atomic E-state index is 12.2. The molecule has 0 saturated heterocycles. The van der Waals surface area contributed by atoms with Gasteiger partial charge in [-0.15, -0.1) is 0 Å². The maximum absolute atomic E-state index is 12.2. The molecule has 0 saturated carbocycles. The fourth-order valence-corrected chi connectivity index (χ4v) is 2.34. The van der Waals surface area contributed by atoms with Gasteiger partial charge in [0.15, 0.2) is 0 Å². The Balaban J connectivity index is 3.21. The highest BCUT2D eigenvalue weighted by Gasteiger charge is 2.12. The highest BCUT2D eigenvalue weighted by atomic mass is 127. The van der Waals surface area contributed by atoms with Crippen molar-refractivity contribution in [2.45, 2.75) is 13.3 Å². The molecule has 1 rings (SSSR count). The van der Waals surface area contributed by atoms with Gasteiger partial charge >= 0.3 is 0 Å². The molecule has 0 aliphatic heterocycles. The van der Waals surface area contributed by atoms with Crippen molar-refractivity contribution < 1.29 is 8.78 Å². The predicted molar refractivity (Wildman–Crippen MR) is 59.4 cm³/mol. The zero-order valence-electron chi connectivity index (χ0n) is 6.11. The van der Waals surface area contributed by atoms with Crippen LogP contribution in [0.1, 0.15) is 17.7 Å². The summed E-state index contributed by atoms with van der Waals surface area (Å²) in [5.41, 5.74) is 0.815. The zero-order chi connectivity index (χ0) is 9.30. The average Bonchev–Trinajstić information content (AvgIpc) is 1.99. The van der Waals surface area contributed by atoms with Gasteiger partial charge in [0.05, 0.1) is 0 Å². The number of hydrogen-bond donors (Lipinski definition) is 0. The van der Waals surface area contributed by atoms with Crippen molar-refractivity contribution in [3.05, 3.63) is 24.6 Å². The van der Waals surface area contributed by atoms with E-state index in [0.717, 1.165) is 9.13 Å². The summed E-state index contributed by atoms with van der Waals surface area (Å²) < 4.78 is 25.9. The van der Waals surface area contributed by atoms with Crippen molar-refractivity contribution in [1.29, 1.82) is 0 Å². The summed E-state index contributed by atoms with van der Waals surface area (Å²) in [5.74, 6) is 0.